The van der Waals surface area contributed by atoms with Crippen molar-refractivity contribution in [1.29, 1.82) is 5.26 Å². The second-order valence-corrected chi connectivity index (χ2v) is 6.92. The van der Waals surface area contributed by atoms with Gasteiger partial charge in [0.1, 0.15) is 0 Å². The van der Waals surface area contributed by atoms with E-state index in [-0.39, 0.29) is 6.04 Å². The highest BCUT2D eigenvalue weighted by Gasteiger charge is 2.35. The molecule has 1 heterocycles. The molecule has 0 radical (unpaired) electrons. The molecule has 1 atom stereocenters. The van der Waals surface area contributed by atoms with Crippen molar-refractivity contribution in [3.05, 3.63) is 29.3 Å². The maximum absolute atomic E-state index is 12.8. The smallest absolute Gasteiger partial charge is 0.243 e. The van der Waals surface area contributed by atoms with E-state index in [9.17, 15) is 8.42 Å². The van der Waals surface area contributed by atoms with Gasteiger partial charge in [-0.1, -0.05) is 0 Å². The van der Waals surface area contributed by atoms with Gasteiger partial charge in [-0.3, -0.25) is 0 Å². The molecule has 108 valence electrons. The highest BCUT2D eigenvalue weighted by Crippen LogP contribution is 2.27. The minimum atomic E-state index is -3.48. The summed E-state index contributed by atoms with van der Waals surface area (Å²) in [5.41, 5.74) is 1.11. The lowest BCUT2D eigenvalue weighted by Crippen LogP contribution is -2.40. The highest BCUT2D eigenvalue weighted by atomic mass is 32.2. The molecular weight excluding hydrogens is 274 g/mol. The normalized spacial score (nSPS) is 19.9. The molecule has 5 nitrogen and oxygen atoms in total. The van der Waals surface area contributed by atoms with Crippen LogP contribution >= 0.6 is 0 Å². The van der Waals surface area contributed by atoms with Crippen molar-refractivity contribution in [1.82, 2.24) is 9.62 Å². The average Bonchev–Trinajstić information content (AvgIpc) is 2.87. The van der Waals surface area contributed by atoms with E-state index in [1.54, 1.807) is 23.4 Å². The number of aryl methyl sites for hydroxylation is 1. The molecule has 0 amide bonds. The summed E-state index contributed by atoms with van der Waals surface area (Å²) >= 11 is 0. The Morgan fingerprint density at radius 2 is 2.25 bits per heavy atom. The third-order valence-electron chi connectivity index (χ3n) is 3.65. The SMILES string of the molecule is CNC[C@H]1CCCN1S(=O)(=O)c1ccc(C#N)cc1C. The Bertz CT molecular complexity index is 634. The maximum Gasteiger partial charge on any atom is 0.243 e. The Balaban J connectivity index is 2.38. The van der Waals surface area contributed by atoms with E-state index in [0.717, 1.165) is 12.8 Å². The van der Waals surface area contributed by atoms with Crippen LogP contribution < -0.4 is 5.32 Å². The predicted molar refractivity (Wildman–Crippen MR) is 76.7 cm³/mol. The molecular formula is C14H19N3O2S. The first-order chi connectivity index (χ1) is 9.50. The van der Waals surface area contributed by atoms with Crippen molar-refractivity contribution in [2.24, 2.45) is 0 Å². The fourth-order valence-corrected chi connectivity index (χ4v) is 4.60. The number of benzene rings is 1. The van der Waals surface area contributed by atoms with Crippen molar-refractivity contribution in [2.45, 2.75) is 30.7 Å². The van der Waals surface area contributed by atoms with Gasteiger partial charge in [-0.25, -0.2) is 8.42 Å². The fourth-order valence-electron chi connectivity index (χ4n) is 2.70. The van der Waals surface area contributed by atoms with Crippen LogP contribution in [0, 0.1) is 18.3 Å². The van der Waals surface area contributed by atoms with Crippen LogP contribution in [-0.2, 0) is 10.0 Å². The van der Waals surface area contributed by atoms with Crippen molar-refractivity contribution in [3.63, 3.8) is 0 Å². The molecule has 1 aliphatic rings. The van der Waals surface area contributed by atoms with Gasteiger partial charge in [0.15, 0.2) is 0 Å². The Morgan fingerprint density at radius 3 is 2.85 bits per heavy atom. The van der Waals surface area contributed by atoms with Gasteiger partial charge < -0.3 is 5.32 Å². The molecule has 0 bridgehead atoms. The molecule has 1 aromatic rings. The van der Waals surface area contributed by atoms with E-state index in [2.05, 4.69) is 5.32 Å². The Kier molecular flexibility index (Phi) is 4.43. The van der Waals surface area contributed by atoms with Crippen LogP contribution in [-0.4, -0.2) is 38.9 Å². The van der Waals surface area contributed by atoms with Crippen LogP contribution in [0.25, 0.3) is 0 Å². The number of nitrogens with zero attached hydrogens (tertiary/aromatic N) is 2. The molecule has 1 fully saturated rings. The first-order valence-corrected chi connectivity index (χ1v) is 8.12. The number of hydrogen-bond acceptors (Lipinski definition) is 4. The molecule has 0 unspecified atom stereocenters. The monoisotopic (exact) mass is 293 g/mol. The summed E-state index contributed by atoms with van der Waals surface area (Å²) in [4.78, 5) is 0.305. The third-order valence-corrected chi connectivity index (χ3v) is 5.77. The summed E-state index contributed by atoms with van der Waals surface area (Å²) in [5, 5.41) is 11.9. The van der Waals surface area contributed by atoms with Crippen LogP contribution in [0.1, 0.15) is 24.0 Å². The zero-order valence-corrected chi connectivity index (χ0v) is 12.6. The van der Waals surface area contributed by atoms with Gasteiger partial charge >= 0.3 is 0 Å². The second-order valence-electron chi connectivity index (χ2n) is 5.06. The molecule has 1 saturated heterocycles. The maximum atomic E-state index is 12.8. The largest absolute Gasteiger partial charge is 0.318 e. The first kappa shape index (κ1) is 15.0. The topological polar surface area (TPSA) is 73.2 Å². The summed E-state index contributed by atoms with van der Waals surface area (Å²) in [5.74, 6) is 0. The van der Waals surface area contributed by atoms with Gasteiger partial charge in [-0.05, 0) is 50.6 Å². The van der Waals surface area contributed by atoms with Crippen LogP contribution in [0.5, 0.6) is 0 Å². The van der Waals surface area contributed by atoms with E-state index in [4.69, 9.17) is 5.26 Å². The molecule has 0 aromatic heterocycles. The quantitative estimate of drug-likeness (QED) is 0.906. The Labute approximate surface area is 120 Å². The second kappa shape index (κ2) is 5.92. The van der Waals surface area contributed by atoms with Crippen LogP contribution in [0.15, 0.2) is 23.1 Å². The standard InChI is InChI=1S/C14H19N3O2S/c1-11-8-12(9-15)5-6-14(11)20(18,19)17-7-3-4-13(17)10-16-2/h5-6,8,13,16H,3-4,7,10H2,1-2H3/t13-/m1/s1. The average molecular weight is 293 g/mol. The summed E-state index contributed by atoms with van der Waals surface area (Å²) < 4.78 is 27.1. The van der Waals surface area contributed by atoms with E-state index < -0.39 is 10.0 Å². The minimum Gasteiger partial charge on any atom is -0.318 e. The molecule has 6 heteroatoms. The zero-order valence-electron chi connectivity index (χ0n) is 11.8. The molecule has 2 rings (SSSR count). The molecule has 0 spiro atoms. The summed E-state index contributed by atoms with van der Waals surface area (Å²) in [6, 6.07) is 6.76. The van der Waals surface area contributed by atoms with Crippen LogP contribution in [0.2, 0.25) is 0 Å². The van der Waals surface area contributed by atoms with Gasteiger partial charge in [-0.15, -0.1) is 0 Å². The lowest BCUT2D eigenvalue weighted by Gasteiger charge is -2.24. The fraction of sp³-hybridized carbons (Fsp3) is 0.500. The molecule has 1 aromatic carbocycles. The van der Waals surface area contributed by atoms with E-state index >= 15 is 0 Å². The number of nitrogens with one attached hydrogen (secondary N) is 1. The summed E-state index contributed by atoms with van der Waals surface area (Å²) in [7, 11) is -1.65. The van der Waals surface area contributed by atoms with Gasteiger partial charge in [0.05, 0.1) is 16.5 Å². The number of hydrogen-bond donors (Lipinski definition) is 1. The minimum absolute atomic E-state index is 0.0139. The molecule has 0 aliphatic carbocycles. The van der Waals surface area contributed by atoms with Crippen molar-refractivity contribution >= 4 is 10.0 Å². The molecule has 1 N–H and O–H groups in total. The predicted octanol–water partition coefficient (Wildman–Crippen LogP) is 1.24. The lowest BCUT2D eigenvalue weighted by atomic mass is 10.2. The van der Waals surface area contributed by atoms with Crippen LogP contribution in [0.4, 0.5) is 0 Å². The summed E-state index contributed by atoms with van der Waals surface area (Å²) in [6.45, 7) is 2.96. The highest BCUT2D eigenvalue weighted by molar-refractivity contribution is 7.89. The molecule has 1 aliphatic heterocycles. The first-order valence-electron chi connectivity index (χ1n) is 6.68. The van der Waals surface area contributed by atoms with Gasteiger partial charge in [0.2, 0.25) is 10.0 Å². The van der Waals surface area contributed by atoms with E-state index in [0.29, 0.717) is 29.1 Å². The number of nitriles is 1. The Hall–Kier alpha value is -1.42. The lowest BCUT2D eigenvalue weighted by molar-refractivity contribution is 0.379. The van der Waals surface area contributed by atoms with Gasteiger partial charge in [-0.2, -0.15) is 9.57 Å². The van der Waals surface area contributed by atoms with Crippen molar-refractivity contribution in [3.8, 4) is 6.07 Å². The van der Waals surface area contributed by atoms with Crippen molar-refractivity contribution < 1.29 is 8.42 Å². The number of rotatable bonds is 4. The third kappa shape index (κ3) is 2.70. The molecule has 0 saturated carbocycles. The van der Waals surface area contributed by atoms with Crippen molar-refractivity contribution in [2.75, 3.05) is 20.1 Å². The van der Waals surface area contributed by atoms with Crippen LogP contribution in [0.3, 0.4) is 0 Å². The van der Waals surface area contributed by atoms with Gasteiger partial charge in [0, 0.05) is 19.1 Å². The molecule has 20 heavy (non-hydrogen) atoms. The van der Waals surface area contributed by atoms with Gasteiger partial charge in [0.25, 0.3) is 0 Å². The van der Waals surface area contributed by atoms with E-state index in [1.165, 1.54) is 6.07 Å². The summed E-state index contributed by atoms with van der Waals surface area (Å²) in [6.07, 6.45) is 1.77. The van der Waals surface area contributed by atoms with E-state index in [1.807, 2.05) is 13.1 Å². The number of likely N-dealkylation sites (N-methyl/N-ethyl adjacent to an activating group) is 1. The number of sulfonamides is 1. The Morgan fingerprint density at radius 1 is 1.50 bits per heavy atom. The zero-order chi connectivity index (χ0) is 14.8.